The summed E-state index contributed by atoms with van der Waals surface area (Å²) in [5.74, 6) is 1.04. The van der Waals surface area contributed by atoms with Gasteiger partial charge in [-0.3, -0.25) is 4.79 Å². The lowest BCUT2D eigenvalue weighted by Crippen LogP contribution is -2.31. The van der Waals surface area contributed by atoms with Crippen molar-refractivity contribution in [3.05, 3.63) is 66.8 Å². The Bertz CT molecular complexity index is 1020. The lowest BCUT2D eigenvalue weighted by molar-refractivity contribution is 0.0728. The summed E-state index contributed by atoms with van der Waals surface area (Å²) >= 11 is 0. The van der Waals surface area contributed by atoms with Crippen molar-refractivity contribution in [3.8, 4) is 17.3 Å². The van der Waals surface area contributed by atoms with Crippen LogP contribution in [0.1, 0.15) is 29.6 Å². The van der Waals surface area contributed by atoms with Gasteiger partial charge in [0, 0.05) is 12.1 Å². The predicted octanol–water partition coefficient (Wildman–Crippen LogP) is 2.96. The lowest BCUT2D eigenvalue weighted by Gasteiger charge is -2.20. The van der Waals surface area contributed by atoms with Gasteiger partial charge in [0.25, 0.3) is 11.8 Å². The Morgan fingerprint density at radius 2 is 2.04 bits per heavy atom. The average molecular weight is 378 g/mol. The first kappa shape index (κ1) is 17.7. The first-order valence-electron chi connectivity index (χ1n) is 8.85. The van der Waals surface area contributed by atoms with E-state index in [-0.39, 0.29) is 12.5 Å². The monoisotopic (exact) mass is 378 g/mol. The van der Waals surface area contributed by atoms with Gasteiger partial charge in [-0.15, -0.1) is 10.2 Å². The van der Waals surface area contributed by atoms with Gasteiger partial charge in [0.1, 0.15) is 12.7 Å². The van der Waals surface area contributed by atoms with Gasteiger partial charge in [-0.25, -0.2) is 9.67 Å². The average Bonchev–Trinajstić information content (AvgIpc) is 3.49. The number of benzene rings is 1. The van der Waals surface area contributed by atoms with Crippen LogP contribution in [0.5, 0.6) is 0 Å². The molecule has 0 aliphatic rings. The van der Waals surface area contributed by atoms with Crippen LogP contribution in [0.3, 0.4) is 0 Å². The van der Waals surface area contributed by atoms with E-state index < -0.39 is 0 Å². The number of carbonyl (C=O) groups is 1. The molecule has 0 bridgehead atoms. The lowest BCUT2D eigenvalue weighted by atomic mass is 10.1. The predicted molar refractivity (Wildman–Crippen MR) is 98.4 cm³/mol. The van der Waals surface area contributed by atoms with Gasteiger partial charge in [0.15, 0.2) is 5.76 Å². The number of rotatable bonds is 7. The first-order valence-corrected chi connectivity index (χ1v) is 8.85. The van der Waals surface area contributed by atoms with Crippen LogP contribution in [0, 0.1) is 0 Å². The third kappa shape index (κ3) is 3.68. The first-order chi connectivity index (χ1) is 13.7. The molecule has 0 radical (unpaired) electrons. The van der Waals surface area contributed by atoms with Crippen molar-refractivity contribution >= 4 is 5.91 Å². The molecule has 1 amide bonds. The van der Waals surface area contributed by atoms with Gasteiger partial charge in [-0.1, -0.05) is 6.92 Å². The second-order valence-corrected chi connectivity index (χ2v) is 6.09. The van der Waals surface area contributed by atoms with Gasteiger partial charge in [-0.05, 0) is 42.8 Å². The number of nitrogens with zero attached hydrogens (tertiary/aromatic N) is 6. The highest BCUT2D eigenvalue weighted by Crippen LogP contribution is 2.19. The van der Waals surface area contributed by atoms with Gasteiger partial charge >= 0.3 is 0 Å². The summed E-state index contributed by atoms with van der Waals surface area (Å²) in [6.07, 6.45) is 5.41. The second kappa shape index (κ2) is 7.87. The Hall–Kier alpha value is -3.75. The molecule has 142 valence electrons. The van der Waals surface area contributed by atoms with Crippen LogP contribution in [0.4, 0.5) is 0 Å². The maximum atomic E-state index is 13.0. The van der Waals surface area contributed by atoms with Crippen LogP contribution in [0.25, 0.3) is 17.3 Å². The summed E-state index contributed by atoms with van der Waals surface area (Å²) in [4.78, 5) is 18.6. The molecule has 9 nitrogen and oxygen atoms in total. The number of hydrogen-bond acceptors (Lipinski definition) is 7. The van der Waals surface area contributed by atoms with E-state index in [0.717, 1.165) is 12.1 Å². The molecule has 4 rings (SSSR count). The standard InChI is InChI=1S/C19H18N6O3/c1-2-9-24(11-17-22-23-18(28-17)16-4-3-10-27-16)19(26)14-5-7-15(8-6-14)25-13-20-12-21-25/h3-8,10,12-13H,2,9,11H2,1H3. The van der Waals surface area contributed by atoms with Gasteiger partial charge in [0.2, 0.25) is 5.89 Å². The van der Waals surface area contributed by atoms with Crippen LogP contribution in [0.15, 0.2) is 64.2 Å². The Labute approximate surface area is 160 Å². The molecular formula is C19H18N6O3. The van der Waals surface area contributed by atoms with E-state index in [1.165, 1.54) is 12.6 Å². The molecule has 0 spiro atoms. The number of aromatic nitrogens is 5. The third-order valence-corrected chi connectivity index (χ3v) is 4.10. The van der Waals surface area contributed by atoms with Crippen LogP contribution in [-0.4, -0.2) is 42.3 Å². The highest BCUT2D eigenvalue weighted by Gasteiger charge is 2.19. The van der Waals surface area contributed by atoms with Crippen molar-refractivity contribution < 1.29 is 13.6 Å². The van der Waals surface area contributed by atoms with Crippen LogP contribution >= 0.6 is 0 Å². The fourth-order valence-corrected chi connectivity index (χ4v) is 2.78. The van der Waals surface area contributed by atoms with Gasteiger partial charge < -0.3 is 13.7 Å². The Kier molecular flexibility index (Phi) is 4.96. The molecule has 4 aromatic rings. The SMILES string of the molecule is CCCN(Cc1nnc(-c2ccco2)o1)C(=O)c1ccc(-n2cncn2)cc1. The van der Waals surface area contributed by atoms with E-state index in [1.807, 2.05) is 19.1 Å². The second-order valence-electron chi connectivity index (χ2n) is 6.09. The van der Waals surface area contributed by atoms with E-state index in [4.69, 9.17) is 8.83 Å². The van der Waals surface area contributed by atoms with Crippen molar-refractivity contribution in [2.75, 3.05) is 6.54 Å². The molecule has 0 atom stereocenters. The number of hydrogen-bond donors (Lipinski definition) is 0. The van der Waals surface area contributed by atoms with E-state index >= 15 is 0 Å². The summed E-state index contributed by atoms with van der Waals surface area (Å²) in [6, 6.07) is 10.7. The smallest absolute Gasteiger partial charge is 0.283 e. The normalized spacial score (nSPS) is 10.9. The fourth-order valence-electron chi connectivity index (χ4n) is 2.78. The van der Waals surface area contributed by atoms with Crippen molar-refractivity contribution in [1.29, 1.82) is 0 Å². The highest BCUT2D eigenvalue weighted by atomic mass is 16.4. The zero-order valence-electron chi connectivity index (χ0n) is 15.2. The molecule has 9 heteroatoms. The minimum atomic E-state index is -0.107. The van der Waals surface area contributed by atoms with Crippen LogP contribution in [-0.2, 0) is 6.54 Å². The summed E-state index contributed by atoms with van der Waals surface area (Å²) in [5, 5.41) is 12.1. The van der Waals surface area contributed by atoms with Crippen molar-refractivity contribution in [3.63, 3.8) is 0 Å². The minimum absolute atomic E-state index is 0.107. The molecule has 0 unspecified atom stereocenters. The van der Waals surface area contributed by atoms with E-state index in [0.29, 0.717) is 29.6 Å². The molecule has 3 aromatic heterocycles. The Balaban J connectivity index is 1.50. The maximum Gasteiger partial charge on any atom is 0.283 e. The summed E-state index contributed by atoms with van der Waals surface area (Å²) in [5.41, 5.74) is 1.40. The molecule has 0 saturated carbocycles. The number of amides is 1. The largest absolute Gasteiger partial charge is 0.459 e. The van der Waals surface area contributed by atoms with Crippen molar-refractivity contribution in [2.24, 2.45) is 0 Å². The summed E-state index contributed by atoms with van der Waals surface area (Å²) in [6.45, 7) is 2.81. The van der Waals surface area contributed by atoms with Gasteiger partial charge in [-0.2, -0.15) is 5.10 Å². The molecular weight excluding hydrogens is 360 g/mol. The Morgan fingerprint density at radius 1 is 1.18 bits per heavy atom. The third-order valence-electron chi connectivity index (χ3n) is 4.10. The molecule has 0 aliphatic heterocycles. The zero-order valence-corrected chi connectivity index (χ0v) is 15.2. The fraction of sp³-hybridized carbons (Fsp3) is 0.211. The zero-order chi connectivity index (χ0) is 19.3. The van der Waals surface area contributed by atoms with E-state index in [9.17, 15) is 4.79 Å². The van der Waals surface area contributed by atoms with Gasteiger partial charge in [0.05, 0.1) is 18.5 Å². The maximum absolute atomic E-state index is 13.0. The Morgan fingerprint density at radius 3 is 2.71 bits per heavy atom. The van der Waals surface area contributed by atoms with E-state index in [2.05, 4.69) is 20.3 Å². The highest BCUT2D eigenvalue weighted by molar-refractivity contribution is 5.94. The number of furan rings is 1. The van der Waals surface area contributed by atoms with Crippen LogP contribution < -0.4 is 0 Å². The van der Waals surface area contributed by atoms with E-state index in [1.54, 1.807) is 40.2 Å². The quantitative estimate of drug-likeness (QED) is 0.487. The molecule has 0 aliphatic carbocycles. The minimum Gasteiger partial charge on any atom is -0.459 e. The molecule has 0 N–H and O–H groups in total. The summed E-state index contributed by atoms with van der Waals surface area (Å²) in [7, 11) is 0. The molecule has 0 fully saturated rings. The van der Waals surface area contributed by atoms with Crippen LogP contribution in [0.2, 0.25) is 0 Å². The molecule has 3 heterocycles. The topological polar surface area (TPSA) is 103 Å². The molecule has 28 heavy (non-hydrogen) atoms. The summed E-state index contributed by atoms with van der Waals surface area (Å²) < 4.78 is 12.5. The van der Waals surface area contributed by atoms with Crippen molar-refractivity contribution in [1.82, 2.24) is 29.9 Å². The number of carbonyl (C=O) groups excluding carboxylic acids is 1. The molecule has 0 saturated heterocycles. The van der Waals surface area contributed by atoms with Crippen molar-refractivity contribution in [2.45, 2.75) is 19.9 Å². The molecule has 1 aromatic carbocycles.